The number of benzene rings is 2. The summed E-state index contributed by atoms with van der Waals surface area (Å²) < 4.78 is 5.83. The van der Waals surface area contributed by atoms with Crippen LogP contribution in [0.3, 0.4) is 0 Å². The van der Waals surface area contributed by atoms with Gasteiger partial charge in [-0.2, -0.15) is 0 Å². The molecule has 2 fully saturated rings. The highest BCUT2D eigenvalue weighted by Gasteiger charge is 2.39. The number of carboxylic acids is 1. The standard InChI is InChI=1S/C36H38N4O5S/c1-36(2,3)31-15-14-30(46-31)33(41)39-29(34(42)40-19-27(20-40)35(43)44)16-22-6-8-25(9-7-22)32-37-17-26(18-38-32)24-10-12-28(13-11-24)45-21-23-4-5-23/h6-15,17-18,23,27,29H,4-5,16,19-21H2,1-3H3,(H,39,41)(H,43,44)/t29-/m0/s1. The fourth-order valence-electron chi connectivity index (χ4n) is 5.22. The average Bonchev–Trinajstić information content (AvgIpc) is 3.70. The van der Waals surface area contributed by atoms with E-state index in [4.69, 9.17) is 4.74 Å². The predicted molar refractivity (Wildman–Crippen MR) is 177 cm³/mol. The molecule has 0 unspecified atom stereocenters. The number of rotatable bonds is 11. The van der Waals surface area contributed by atoms with E-state index in [2.05, 4.69) is 36.1 Å². The average molecular weight is 639 g/mol. The molecular weight excluding hydrogens is 600 g/mol. The number of carbonyl (C=O) groups excluding carboxylic acids is 2. The first kappa shape index (κ1) is 31.4. The van der Waals surface area contributed by atoms with Crippen LogP contribution in [0.2, 0.25) is 0 Å². The van der Waals surface area contributed by atoms with Crippen LogP contribution in [-0.2, 0) is 21.4 Å². The number of aliphatic carboxylic acids is 1. The molecule has 9 nitrogen and oxygen atoms in total. The summed E-state index contributed by atoms with van der Waals surface area (Å²) in [6.07, 6.45) is 6.37. The molecular formula is C36H38N4O5S. The smallest absolute Gasteiger partial charge is 0.310 e. The minimum absolute atomic E-state index is 0.0939. The Bertz CT molecular complexity index is 1700. The minimum Gasteiger partial charge on any atom is -0.493 e. The van der Waals surface area contributed by atoms with E-state index in [-0.39, 0.29) is 36.7 Å². The maximum atomic E-state index is 13.4. The normalized spacial score (nSPS) is 15.6. The molecule has 2 aromatic carbocycles. The molecule has 2 aliphatic rings. The molecule has 1 atom stereocenters. The van der Waals surface area contributed by atoms with Crippen LogP contribution in [0.4, 0.5) is 0 Å². The zero-order chi connectivity index (χ0) is 32.4. The maximum absolute atomic E-state index is 13.4. The van der Waals surface area contributed by atoms with Crippen molar-refractivity contribution in [1.29, 1.82) is 0 Å². The Morgan fingerprint density at radius 1 is 0.935 bits per heavy atom. The summed E-state index contributed by atoms with van der Waals surface area (Å²) in [5.74, 6) is 0.0412. The van der Waals surface area contributed by atoms with Crippen LogP contribution in [0.25, 0.3) is 22.5 Å². The highest BCUT2D eigenvalue weighted by atomic mass is 32.1. The van der Waals surface area contributed by atoms with E-state index in [0.29, 0.717) is 16.6 Å². The second-order valence-electron chi connectivity index (χ2n) is 13.2. The van der Waals surface area contributed by atoms with Crippen molar-refractivity contribution < 1.29 is 24.2 Å². The molecule has 2 amide bonds. The van der Waals surface area contributed by atoms with Gasteiger partial charge < -0.3 is 20.1 Å². The Balaban J connectivity index is 1.12. The summed E-state index contributed by atoms with van der Waals surface area (Å²) in [5, 5.41) is 12.2. The van der Waals surface area contributed by atoms with Crippen molar-refractivity contribution >= 4 is 29.1 Å². The van der Waals surface area contributed by atoms with E-state index < -0.39 is 17.9 Å². The van der Waals surface area contributed by atoms with Crippen molar-refractivity contribution in [3.8, 4) is 28.3 Å². The van der Waals surface area contributed by atoms with E-state index in [9.17, 15) is 19.5 Å². The number of ether oxygens (including phenoxy) is 1. The van der Waals surface area contributed by atoms with Gasteiger partial charge in [0.1, 0.15) is 11.8 Å². The van der Waals surface area contributed by atoms with Crippen LogP contribution in [0.15, 0.2) is 73.1 Å². The van der Waals surface area contributed by atoms with Crippen molar-refractivity contribution in [2.24, 2.45) is 11.8 Å². The Hall–Kier alpha value is -4.57. The molecule has 1 aliphatic carbocycles. The molecule has 1 aliphatic heterocycles. The van der Waals surface area contributed by atoms with Crippen LogP contribution in [0.1, 0.15) is 53.7 Å². The molecule has 10 heteroatoms. The van der Waals surface area contributed by atoms with Crippen LogP contribution in [-0.4, -0.2) is 63.5 Å². The maximum Gasteiger partial charge on any atom is 0.310 e. The third-order valence-corrected chi connectivity index (χ3v) is 9.90. The molecule has 3 heterocycles. The number of aromatic nitrogens is 2. The lowest BCUT2D eigenvalue weighted by molar-refractivity contribution is -0.153. The second kappa shape index (κ2) is 13.0. The topological polar surface area (TPSA) is 122 Å². The van der Waals surface area contributed by atoms with E-state index in [0.717, 1.165) is 39.5 Å². The Morgan fingerprint density at radius 2 is 1.59 bits per heavy atom. The predicted octanol–water partition coefficient (Wildman–Crippen LogP) is 5.84. The molecule has 0 spiro atoms. The number of nitrogens with one attached hydrogen (secondary N) is 1. The van der Waals surface area contributed by atoms with Gasteiger partial charge in [-0.25, -0.2) is 9.97 Å². The molecule has 4 aromatic rings. The number of carboxylic acid groups (broad SMARTS) is 1. The molecule has 0 bridgehead atoms. The van der Waals surface area contributed by atoms with Gasteiger partial charge in [0.05, 0.1) is 17.4 Å². The second-order valence-corrected chi connectivity index (χ2v) is 14.3. The summed E-state index contributed by atoms with van der Waals surface area (Å²) in [6.45, 7) is 7.31. The lowest BCUT2D eigenvalue weighted by Crippen LogP contribution is -2.59. The van der Waals surface area contributed by atoms with Gasteiger partial charge in [-0.15, -0.1) is 11.3 Å². The number of nitrogens with zero attached hydrogens (tertiary/aromatic N) is 3. The van der Waals surface area contributed by atoms with Crippen molar-refractivity contribution in [1.82, 2.24) is 20.2 Å². The molecule has 238 valence electrons. The van der Waals surface area contributed by atoms with Crippen LogP contribution >= 0.6 is 11.3 Å². The Labute approximate surface area is 272 Å². The lowest BCUT2D eigenvalue weighted by atomic mass is 9.95. The van der Waals surface area contributed by atoms with Gasteiger partial charge >= 0.3 is 5.97 Å². The molecule has 1 saturated heterocycles. The summed E-state index contributed by atoms with van der Waals surface area (Å²) in [5.41, 5.74) is 3.49. The van der Waals surface area contributed by atoms with E-state index in [1.807, 2.05) is 54.6 Å². The van der Waals surface area contributed by atoms with Gasteiger partial charge in [0, 0.05) is 47.9 Å². The van der Waals surface area contributed by atoms with E-state index >= 15 is 0 Å². The van der Waals surface area contributed by atoms with Gasteiger partial charge in [0.25, 0.3) is 5.91 Å². The fourth-order valence-corrected chi connectivity index (χ4v) is 6.19. The largest absolute Gasteiger partial charge is 0.493 e. The summed E-state index contributed by atoms with van der Waals surface area (Å²) in [4.78, 5) is 50.3. The van der Waals surface area contributed by atoms with Crippen LogP contribution in [0.5, 0.6) is 5.75 Å². The summed E-state index contributed by atoms with van der Waals surface area (Å²) in [6, 6.07) is 18.5. The Morgan fingerprint density at radius 3 is 2.17 bits per heavy atom. The summed E-state index contributed by atoms with van der Waals surface area (Å²) in [7, 11) is 0. The van der Waals surface area contributed by atoms with Crippen molar-refractivity contribution in [2.45, 2.75) is 51.5 Å². The van der Waals surface area contributed by atoms with Crippen LogP contribution < -0.4 is 10.1 Å². The van der Waals surface area contributed by atoms with E-state index in [1.165, 1.54) is 29.1 Å². The van der Waals surface area contributed by atoms with Gasteiger partial charge in [-0.05, 0) is 59.6 Å². The first-order chi connectivity index (χ1) is 22.0. The summed E-state index contributed by atoms with van der Waals surface area (Å²) >= 11 is 1.41. The van der Waals surface area contributed by atoms with Crippen molar-refractivity contribution in [3.63, 3.8) is 0 Å². The third-order valence-electron chi connectivity index (χ3n) is 8.39. The number of carbonyl (C=O) groups is 3. The van der Waals surface area contributed by atoms with Crippen molar-refractivity contribution in [3.05, 3.63) is 88.4 Å². The van der Waals surface area contributed by atoms with Gasteiger partial charge in [-0.1, -0.05) is 57.2 Å². The third kappa shape index (κ3) is 7.45. The number of hydrogen-bond acceptors (Lipinski definition) is 7. The van der Waals surface area contributed by atoms with Crippen LogP contribution in [0, 0.1) is 11.8 Å². The van der Waals surface area contributed by atoms with E-state index in [1.54, 1.807) is 18.5 Å². The molecule has 0 radical (unpaired) electrons. The molecule has 46 heavy (non-hydrogen) atoms. The first-order valence-corrected chi connectivity index (χ1v) is 16.4. The molecule has 2 N–H and O–H groups in total. The first-order valence-electron chi connectivity index (χ1n) is 15.6. The fraction of sp³-hybridized carbons (Fsp3) is 0.361. The zero-order valence-electron chi connectivity index (χ0n) is 26.2. The minimum atomic E-state index is -0.921. The number of thiophene rings is 1. The molecule has 6 rings (SSSR count). The lowest BCUT2D eigenvalue weighted by Gasteiger charge is -2.38. The quantitative estimate of drug-likeness (QED) is 0.212. The number of likely N-dealkylation sites (tertiary alicyclic amines) is 1. The Kier molecular flexibility index (Phi) is 8.90. The number of hydrogen-bond donors (Lipinski definition) is 2. The highest BCUT2D eigenvalue weighted by Crippen LogP contribution is 2.31. The highest BCUT2D eigenvalue weighted by molar-refractivity contribution is 7.14. The van der Waals surface area contributed by atoms with Gasteiger partial charge in [0.2, 0.25) is 5.91 Å². The SMILES string of the molecule is CC(C)(C)c1ccc(C(=O)N[C@@H](Cc2ccc(-c3ncc(-c4ccc(OCC5CC5)cc4)cn3)cc2)C(=O)N2CC(C(=O)O)C2)s1. The van der Waals surface area contributed by atoms with Gasteiger partial charge in [0.15, 0.2) is 5.82 Å². The molecule has 1 saturated carbocycles. The zero-order valence-corrected chi connectivity index (χ0v) is 27.0. The molecule has 2 aromatic heterocycles. The number of amides is 2. The monoisotopic (exact) mass is 638 g/mol. The van der Waals surface area contributed by atoms with Crippen molar-refractivity contribution in [2.75, 3.05) is 19.7 Å². The van der Waals surface area contributed by atoms with Gasteiger partial charge in [-0.3, -0.25) is 14.4 Å².